The summed E-state index contributed by atoms with van der Waals surface area (Å²) in [6.45, 7) is 3.13. The second kappa shape index (κ2) is 4.11. The first-order valence-electron chi connectivity index (χ1n) is 5.06. The third kappa shape index (κ3) is 1.79. The van der Waals surface area contributed by atoms with Gasteiger partial charge in [0.25, 0.3) is 0 Å². The van der Waals surface area contributed by atoms with E-state index in [9.17, 15) is 4.79 Å². The summed E-state index contributed by atoms with van der Waals surface area (Å²) in [5, 5.41) is 3.71. The Kier molecular flexibility index (Phi) is 2.82. The fraction of sp³-hybridized carbons (Fsp3) is 0.364. The second-order valence-electron chi connectivity index (χ2n) is 3.53. The van der Waals surface area contributed by atoms with Crippen molar-refractivity contribution >= 4 is 28.9 Å². The Labute approximate surface area is 94.0 Å². The van der Waals surface area contributed by atoms with Crippen LogP contribution in [0.25, 0.3) is 0 Å². The molecule has 0 bridgehead atoms. The Hall–Kier alpha value is -1.22. The minimum Gasteiger partial charge on any atom is -0.373 e. The van der Waals surface area contributed by atoms with E-state index in [1.54, 1.807) is 4.90 Å². The minimum absolute atomic E-state index is 0.103. The largest absolute Gasteiger partial charge is 0.373 e. The number of nitrogens with one attached hydrogen (secondary N) is 1. The van der Waals surface area contributed by atoms with Gasteiger partial charge in [0.1, 0.15) is 0 Å². The number of para-hydroxylation sites is 1. The van der Waals surface area contributed by atoms with Gasteiger partial charge in [-0.15, -0.1) is 0 Å². The highest BCUT2D eigenvalue weighted by Gasteiger charge is 2.24. The van der Waals surface area contributed by atoms with E-state index < -0.39 is 0 Å². The average molecular weight is 225 g/mol. The Morgan fingerprint density at radius 2 is 2.33 bits per heavy atom. The highest BCUT2D eigenvalue weighted by atomic mass is 35.5. The molecule has 0 aromatic heterocycles. The molecule has 80 valence electrons. The Morgan fingerprint density at radius 1 is 1.53 bits per heavy atom. The third-order valence-electron chi connectivity index (χ3n) is 2.45. The first-order chi connectivity index (χ1) is 7.24. The second-order valence-corrected chi connectivity index (χ2v) is 3.94. The van der Waals surface area contributed by atoms with E-state index in [1.165, 1.54) is 0 Å². The molecule has 0 atom stereocenters. The van der Waals surface area contributed by atoms with Crippen LogP contribution in [0.4, 0.5) is 11.4 Å². The van der Waals surface area contributed by atoms with Crippen molar-refractivity contribution in [3.05, 3.63) is 23.2 Å². The maximum Gasteiger partial charge on any atom is 0.246 e. The number of hydrogen-bond donors (Lipinski definition) is 1. The summed E-state index contributed by atoms with van der Waals surface area (Å²) >= 11 is 6.05. The van der Waals surface area contributed by atoms with Crippen LogP contribution in [0.5, 0.6) is 0 Å². The van der Waals surface area contributed by atoms with Crippen molar-refractivity contribution in [1.82, 2.24) is 0 Å². The summed E-state index contributed by atoms with van der Waals surface area (Å²) in [6, 6.07) is 5.61. The maximum atomic E-state index is 11.7. The molecule has 0 saturated carbocycles. The molecule has 2 rings (SSSR count). The van der Waals surface area contributed by atoms with Crippen molar-refractivity contribution in [2.75, 3.05) is 23.3 Å². The Bertz CT molecular complexity index is 392. The highest BCUT2D eigenvalue weighted by Crippen LogP contribution is 2.35. The van der Waals surface area contributed by atoms with E-state index in [1.807, 2.05) is 18.2 Å². The van der Waals surface area contributed by atoms with Crippen molar-refractivity contribution in [3.8, 4) is 0 Å². The molecule has 1 aliphatic heterocycles. The van der Waals surface area contributed by atoms with Gasteiger partial charge in [-0.25, -0.2) is 0 Å². The van der Waals surface area contributed by atoms with Crippen LogP contribution in [0.15, 0.2) is 18.2 Å². The number of amides is 1. The number of hydrogen-bond acceptors (Lipinski definition) is 2. The molecule has 0 saturated heterocycles. The predicted octanol–water partition coefficient (Wildman–Crippen LogP) is 2.51. The van der Waals surface area contributed by atoms with Gasteiger partial charge in [-0.3, -0.25) is 4.79 Å². The molecular weight excluding hydrogens is 212 g/mol. The summed E-state index contributed by atoms with van der Waals surface area (Å²) in [5.41, 5.74) is 1.76. The van der Waals surface area contributed by atoms with Gasteiger partial charge in [-0.1, -0.05) is 24.6 Å². The number of carbonyl (C=O) groups excluding carboxylic acids is 1. The number of anilines is 2. The van der Waals surface area contributed by atoms with Crippen molar-refractivity contribution in [3.63, 3.8) is 0 Å². The summed E-state index contributed by atoms with van der Waals surface area (Å²) in [7, 11) is 0. The molecule has 1 heterocycles. The zero-order chi connectivity index (χ0) is 10.8. The van der Waals surface area contributed by atoms with Crippen LogP contribution in [0.1, 0.15) is 13.3 Å². The fourth-order valence-corrected chi connectivity index (χ4v) is 2.01. The molecule has 0 unspecified atom stereocenters. The molecule has 15 heavy (non-hydrogen) atoms. The highest BCUT2D eigenvalue weighted by molar-refractivity contribution is 6.34. The van der Waals surface area contributed by atoms with Crippen LogP contribution in [-0.4, -0.2) is 19.0 Å². The van der Waals surface area contributed by atoms with Gasteiger partial charge >= 0.3 is 0 Å². The number of rotatable bonds is 2. The van der Waals surface area contributed by atoms with Gasteiger partial charge in [0, 0.05) is 6.54 Å². The summed E-state index contributed by atoms with van der Waals surface area (Å²) in [6.07, 6.45) is 0.942. The molecular formula is C11H13ClN2O. The molecule has 1 N–H and O–H groups in total. The Morgan fingerprint density at radius 3 is 3.07 bits per heavy atom. The van der Waals surface area contributed by atoms with Crippen LogP contribution >= 0.6 is 11.6 Å². The summed E-state index contributed by atoms with van der Waals surface area (Å²) in [5.74, 6) is 0.103. The zero-order valence-corrected chi connectivity index (χ0v) is 9.34. The zero-order valence-electron chi connectivity index (χ0n) is 8.59. The average Bonchev–Trinajstić information content (AvgIpc) is 2.23. The molecule has 0 spiro atoms. The first kappa shape index (κ1) is 10.3. The van der Waals surface area contributed by atoms with Gasteiger partial charge in [0.05, 0.1) is 22.9 Å². The van der Waals surface area contributed by atoms with E-state index in [0.29, 0.717) is 11.6 Å². The lowest BCUT2D eigenvalue weighted by Crippen LogP contribution is -2.40. The van der Waals surface area contributed by atoms with Crippen LogP contribution < -0.4 is 10.2 Å². The molecule has 1 aromatic rings. The standard InChI is InChI=1S/C11H13ClN2O/c1-2-6-14-9-5-3-4-8(12)11(9)13-7-10(14)15/h3-5,13H,2,6-7H2,1H3. The number of benzene rings is 1. The van der Waals surface area contributed by atoms with Crippen LogP contribution in [-0.2, 0) is 4.79 Å². The molecule has 0 aliphatic carbocycles. The third-order valence-corrected chi connectivity index (χ3v) is 2.76. The van der Waals surface area contributed by atoms with E-state index >= 15 is 0 Å². The number of carbonyl (C=O) groups is 1. The molecule has 4 heteroatoms. The number of fused-ring (bicyclic) bond motifs is 1. The molecule has 3 nitrogen and oxygen atoms in total. The quantitative estimate of drug-likeness (QED) is 0.837. The van der Waals surface area contributed by atoms with Gasteiger partial charge < -0.3 is 10.2 Å². The van der Waals surface area contributed by atoms with Crippen molar-refractivity contribution < 1.29 is 4.79 Å². The Balaban J connectivity index is 2.43. The van der Waals surface area contributed by atoms with Crippen molar-refractivity contribution in [2.45, 2.75) is 13.3 Å². The van der Waals surface area contributed by atoms with Crippen molar-refractivity contribution in [1.29, 1.82) is 0 Å². The molecule has 1 amide bonds. The smallest absolute Gasteiger partial charge is 0.246 e. The summed E-state index contributed by atoms with van der Waals surface area (Å²) in [4.78, 5) is 13.5. The normalized spacial score (nSPS) is 14.8. The monoisotopic (exact) mass is 224 g/mol. The molecule has 1 aliphatic rings. The van der Waals surface area contributed by atoms with E-state index in [4.69, 9.17) is 11.6 Å². The van der Waals surface area contributed by atoms with Crippen molar-refractivity contribution in [2.24, 2.45) is 0 Å². The van der Waals surface area contributed by atoms with E-state index in [-0.39, 0.29) is 5.91 Å². The topological polar surface area (TPSA) is 32.3 Å². The number of halogens is 1. The summed E-state index contributed by atoms with van der Waals surface area (Å²) < 4.78 is 0. The SMILES string of the molecule is CCCN1C(=O)CNc2c(Cl)cccc21. The van der Waals surface area contributed by atoms with Gasteiger partial charge in [-0.2, -0.15) is 0 Å². The van der Waals surface area contributed by atoms with Crippen LogP contribution in [0, 0.1) is 0 Å². The van der Waals surface area contributed by atoms with E-state index in [0.717, 1.165) is 24.3 Å². The van der Waals surface area contributed by atoms with Crippen LogP contribution in [0.3, 0.4) is 0 Å². The molecule has 0 radical (unpaired) electrons. The lowest BCUT2D eigenvalue weighted by Gasteiger charge is -2.30. The minimum atomic E-state index is 0.103. The van der Waals surface area contributed by atoms with Gasteiger partial charge in [0.15, 0.2) is 0 Å². The lowest BCUT2D eigenvalue weighted by molar-refractivity contribution is -0.117. The first-order valence-corrected chi connectivity index (χ1v) is 5.44. The molecule has 1 aromatic carbocycles. The fourth-order valence-electron chi connectivity index (χ4n) is 1.78. The number of nitrogens with zero attached hydrogens (tertiary/aromatic N) is 1. The maximum absolute atomic E-state index is 11.7. The van der Waals surface area contributed by atoms with Gasteiger partial charge in [-0.05, 0) is 18.6 Å². The van der Waals surface area contributed by atoms with E-state index in [2.05, 4.69) is 12.2 Å². The van der Waals surface area contributed by atoms with Gasteiger partial charge in [0.2, 0.25) is 5.91 Å². The molecule has 0 fully saturated rings. The lowest BCUT2D eigenvalue weighted by atomic mass is 10.2. The predicted molar refractivity (Wildman–Crippen MR) is 62.6 cm³/mol. The van der Waals surface area contributed by atoms with Crippen LogP contribution in [0.2, 0.25) is 5.02 Å².